The molecule has 2 aromatic carbocycles. The minimum absolute atomic E-state index is 0.195. The van der Waals surface area contributed by atoms with Crippen LogP contribution in [-0.4, -0.2) is 12.2 Å². The molecular formula is C15H16ClNO2S. The van der Waals surface area contributed by atoms with E-state index >= 15 is 0 Å². The van der Waals surface area contributed by atoms with E-state index in [9.17, 15) is 8.42 Å². The fourth-order valence-electron chi connectivity index (χ4n) is 1.87. The Bertz CT molecular complexity index is 669. The Hall–Kier alpha value is -1.36. The van der Waals surface area contributed by atoms with Gasteiger partial charge in [-0.15, -0.1) is 3.82 Å². The standard InChI is InChI=1S/C15H16ClNO2S/c1-12-8-10-15(11-9-12)20(18,19)17(16)13(2)14-6-4-3-5-7-14/h3-11,13H,1-2H3. The van der Waals surface area contributed by atoms with Crippen LogP contribution in [0.1, 0.15) is 24.1 Å². The molecule has 5 heteroatoms. The van der Waals surface area contributed by atoms with Crippen LogP contribution in [0.4, 0.5) is 0 Å². The summed E-state index contributed by atoms with van der Waals surface area (Å²) in [5, 5.41) is 0. The molecule has 1 atom stereocenters. The number of hydrogen-bond acceptors (Lipinski definition) is 2. The van der Waals surface area contributed by atoms with Gasteiger partial charge in [0, 0.05) is 0 Å². The van der Waals surface area contributed by atoms with E-state index in [1.807, 2.05) is 37.3 Å². The van der Waals surface area contributed by atoms with E-state index in [-0.39, 0.29) is 4.90 Å². The topological polar surface area (TPSA) is 37.4 Å². The predicted molar refractivity (Wildman–Crippen MR) is 80.9 cm³/mol. The highest BCUT2D eigenvalue weighted by Gasteiger charge is 2.28. The van der Waals surface area contributed by atoms with E-state index in [1.165, 1.54) is 0 Å². The quantitative estimate of drug-likeness (QED) is 0.803. The van der Waals surface area contributed by atoms with Crippen LogP contribution in [-0.2, 0) is 10.0 Å². The van der Waals surface area contributed by atoms with Crippen molar-refractivity contribution in [1.82, 2.24) is 3.82 Å². The first kappa shape index (κ1) is 15.0. The number of rotatable bonds is 4. The first-order valence-corrected chi connectivity index (χ1v) is 8.02. The Morgan fingerprint density at radius 2 is 1.55 bits per heavy atom. The van der Waals surface area contributed by atoms with Gasteiger partial charge >= 0.3 is 0 Å². The van der Waals surface area contributed by atoms with Gasteiger partial charge < -0.3 is 0 Å². The van der Waals surface area contributed by atoms with Gasteiger partial charge in [0.25, 0.3) is 10.0 Å². The molecule has 0 fully saturated rings. The lowest BCUT2D eigenvalue weighted by molar-refractivity contribution is 0.483. The van der Waals surface area contributed by atoms with Crippen LogP contribution in [0, 0.1) is 6.92 Å². The molecule has 1 unspecified atom stereocenters. The van der Waals surface area contributed by atoms with Gasteiger partial charge in [0.05, 0.1) is 10.9 Å². The maximum absolute atomic E-state index is 12.5. The summed E-state index contributed by atoms with van der Waals surface area (Å²) in [6.07, 6.45) is 0. The van der Waals surface area contributed by atoms with Gasteiger partial charge in [0.1, 0.15) is 0 Å². The van der Waals surface area contributed by atoms with Crippen molar-refractivity contribution in [3.8, 4) is 0 Å². The van der Waals surface area contributed by atoms with Crippen LogP contribution >= 0.6 is 11.8 Å². The number of nitrogens with zero attached hydrogens (tertiary/aromatic N) is 1. The zero-order valence-electron chi connectivity index (χ0n) is 11.3. The molecule has 0 radical (unpaired) electrons. The van der Waals surface area contributed by atoms with Crippen molar-refractivity contribution in [2.75, 3.05) is 0 Å². The summed E-state index contributed by atoms with van der Waals surface area (Å²) in [4.78, 5) is 0.195. The van der Waals surface area contributed by atoms with Crippen molar-refractivity contribution in [3.63, 3.8) is 0 Å². The summed E-state index contributed by atoms with van der Waals surface area (Å²) in [5.74, 6) is 0. The van der Waals surface area contributed by atoms with E-state index in [0.717, 1.165) is 15.0 Å². The van der Waals surface area contributed by atoms with Crippen LogP contribution in [0.5, 0.6) is 0 Å². The molecule has 20 heavy (non-hydrogen) atoms. The molecule has 0 amide bonds. The molecule has 3 nitrogen and oxygen atoms in total. The van der Waals surface area contributed by atoms with Gasteiger partial charge in [-0.1, -0.05) is 48.0 Å². The number of sulfonamides is 1. The average molecular weight is 310 g/mol. The fraction of sp³-hybridized carbons (Fsp3) is 0.200. The summed E-state index contributed by atoms with van der Waals surface area (Å²) in [6, 6.07) is 15.5. The summed E-state index contributed by atoms with van der Waals surface area (Å²) in [5.41, 5.74) is 1.85. The lowest BCUT2D eigenvalue weighted by atomic mass is 10.1. The first-order chi connectivity index (χ1) is 9.43. The molecule has 0 bridgehead atoms. The van der Waals surface area contributed by atoms with Crippen molar-refractivity contribution < 1.29 is 8.42 Å². The minimum Gasteiger partial charge on any atom is -0.206 e. The summed E-state index contributed by atoms with van der Waals surface area (Å²) in [7, 11) is -3.70. The maximum Gasteiger partial charge on any atom is 0.257 e. The van der Waals surface area contributed by atoms with Crippen molar-refractivity contribution in [2.45, 2.75) is 24.8 Å². The van der Waals surface area contributed by atoms with Crippen LogP contribution in [0.3, 0.4) is 0 Å². The second-order valence-corrected chi connectivity index (χ2v) is 7.03. The van der Waals surface area contributed by atoms with Gasteiger partial charge in [-0.2, -0.15) is 0 Å². The van der Waals surface area contributed by atoms with Gasteiger partial charge in [0.15, 0.2) is 0 Å². The molecule has 106 valence electrons. The summed E-state index contributed by atoms with van der Waals surface area (Å²) < 4.78 is 25.8. The van der Waals surface area contributed by atoms with E-state index < -0.39 is 16.1 Å². The molecule has 0 aliphatic carbocycles. The molecule has 0 aliphatic heterocycles. The third-order valence-corrected chi connectivity index (χ3v) is 5.62. The monoisotopic (exact) mass is 309 g/mol. The van der Waals surface area contributed by atoms with E-state index in [1.54, 1.807) is 31.2 Å². The largest absolute Gasteiger partial charge is 0.257 e. The number of aryl methyl sites for hydroxylation is 1. The van der Waals surface area contributed by atoms with Crippen molar-refractivity contribution in [3.05, 3.63) is 65.7 Å². The van der Waals surface area contributed by atoms with Gasteiger partial charge in [0.2, 0.25) is 0 Å². The van der Waals surface area contributed by atoms with E-state index in [2.05, 4.69) is 0 Å². The van der Waals surface area contributed by atoms with Crippen molar-refractivity contribution >= 4 is 21.8 Å². The Balaban J connectivity index is 2.32. The molecule has 0 N–H and O–H groups in total. The second kappa shape index (κ2) is 5.95. The highest BCUT2D eigenvalue weighted by Crippen LogP contribution is 2.29. The first-order valence-electron chi connectivity index (χ1n) is 6.25. The predicted octanol–water partition coefficient (Wildman–Crippen LogP) is 3.90. The maximum atomic E-state index is 12.5. The minimum atomic E-state index is -3.70. The number of halogens is 1. The normalized spacial score (nSPS) is 13.4. The second-order valence-electron chi connectivity index (χ2n) is 4.65. The van der Waals surface area contributed by atoms with E-state index in [4.69, 9.17) is 11.8 Å². The smallest absolute Gasteiger partial charge is 0.206 e. The van der Waals surface area contributed by atoms with Crippen LogP contribution < -0.4 is 0 Å². The van der Waals surface area contributed by atoms with Gasteiger partial charge in [-0.25, -0.2) is 8.42 Å². The lowest BCUT2D eigenvalue weighted by Gasteiger charge is -2.21. The number of hydrogen-bond donors (Lipinski definition) is 0. The molecule has 2 aromatic rings. The molecule has 2 rings (SSSR count). The Labute approximate surface area is 125 Å². The fourth-order valence-corrected chi connectivity index (χ4v) is 3.44. The van der Waals surface area contributed by atoms with Crippen LogP contribution in [0.25, 0.3) is 0 Å². The van der Waals surface area contributed by atoms with Crippen molar-refractivity contribution in [2.24, 2.45) is 0 Å². The molecule has 0 spiro atoms. The highest BCUT2D eigenvalue weighted by molar-refractivity contribution is 7.90. The highest BCUT2D eigenvalue weighted by atomic mass is 35.5. The molecule has 0 saturated carbocycles. The molecular weight excluding hydrogens is 294 g/mol. The van der Waals surface area contributed by atoms with Gasteiger partial charge in [-0.05, 0) is 43.3 Å². The third-order valence-electron chi connectivity index (χ3n) is 3.13. The average Bonchev–Trinajstić information content (AvgIpc) is 2.47. The summed E-state index contributed by atoms with van der Waals surface area (Å²) >= 11 is 6.08. The summed E-state index contributed by atoms with van der Waals surface area (Å²) in [6.45, 7) is 3.66. The lowest BCUT2D eigenvalue weighted by Crippen LogP contribution is -2.25. The number of benzene rings is 2. The van der Waals surface area contributed by atoms with Crippen LogP contribution in [0.15, 0.2) is 59.5 Å². The van der Waals surface area contributed by atoms with Crippen molar-refractivity contribution in [1.29, 1.82) is 0 Å². The molecule has 0 aliphatic rings. The third kappa shape index (κ3) is 3.03. The zero-order chi connectivity index (χ0) is 14.8. The Morgan fingerprint density at radius 1 is 1.00 bits per heavy atom. The molecule has 0 heterocycles. The molecule has 0 aromatic heterocycles. The zero-order valence-corrected chi connectivity index (χ0v) is 12.9. The molecule has 0 saturated heterocycles. The Morgan fingerprint density at radius 3 is 2.10 bits per heavy atom. The van der Waals surface area contributed by atoms with Gasteiger partial charge in [-0.3, -0.25) is 0 Å². The van der Waals surface area contributed by atoms with E-state index in [0.29, 0.717) is 0 Å². The van der Waals surface area contributed by atoms with Crippen LogP contribution in [0.2, 0.25) is 0 Å². The SMILES string of the molecule is Cc1ccc(S(=O)(=O)N(Cl)C(C)c2ccccc2)cc1. The Kier molecular flexibility index (Phi) is 4.48.